The van der Waals surface area contributed by atoms with E-state index in [1.165, 1.54) is 44.2 Å². The molecule has 1 aromatic rings. The van der Waals surface area contributed by atoms with Gasteiger partial charge in [0.05, 0.1) is 6.07 Å². The molecule has 96 valence electrons. The SMILES string of the molecule is N#CC(CC1CCCCC1)Nc1cccc(F)c1. The van der Waals surface area contributed by atoms with Gasteiger partial charge >= 0.3 is 0 Å². The van der Waals surface area contributed by atoms with Gasteiger partial charge in [0.25, 0.3) is 0 Å². The maximum absolute atomic E-state index is 13.1. The smallest absolute Gasteiger partial charge is 0.125 e. The van der Waals surface area contributed by atoms with Crippen LogP contribution in [0.2, 0.25) is 0 Å². The van der Waals surface area contributed by atoms with Crippen molar-refractivity contribution in [2.24, 2.45) is 5.92 Å². The third-order valence-electron chi connectivity index (χ3n) is 3.62. The summed E-state index contributed by atoms with van der Waals surface area (Å²) in [6.07, 6.45) is 7.20. The summed E-state index contributed by atoms with van der Waals surface area (Å²) in [6.45, 7) is 0. The molecule has 1 saturated carbocycles. The van der Waals surface area contributed by atoms with Crippen LogP contribution >= 0.6 is 0 Å². The van der Waals surface area contributed by atoms with Crippen molar-refractivity contribution in [3.63, 3.8) is 0 Å². The van der Waals surface area contributed by atoms with Gasteiger partial charge in [-0.25, -0.2) is 4.39 Å². The van der Waals surface area contributed by atoms with Crippen LogP contribution in [0.25, 0.3) is 0 Å². The van der Waals surface area contributed by atoms with Crippen molar-refractivity contribution in [3.05, 3.63) is 30.1 Å². The molecule has 1 fully saturated rings. The molecule has 1 unspecified atom stereocenters. The predicted octanol–water partition coefficient (Wildman–Crippen LogP) is 4.10. The van der Waals surface area contributed by atoms with Crippen LogP contribution in [0.3, 0.4) is 0 Å². The molecule has 1 aliphatic carbocycles. The number of rotatable bonds is 4. The molecule has 0 aromatic heterocycles. The van der Waals surface area contributed by atoms with Crippen LogP contribution in [0, 0.1) is 23.1 Å². The van der Waals surface area contributed by atoms with E-state index < -0.39 is 0 Å². The molecule has 1 aliphatic rings. The first-order chi connectivity index (χ1) is 8.78. The van der Waals surface area contributed by atoms with E-state index in [1.54, 1.807) is 12.1 Å². The molecule has 2 rings (SSSR count). The summed E-state index contributed by atoms with van der Waals surface area (Å²) in [6, 6.07) is 8.38. The molecule has 3 heteroatoms. The number of hydrogen-bond donors (Lipinski definition) is 1. The molecule has 0 bridgehead atoms. The van der Waals surface area contributed by atoms with E-state index >= 15 is 0 Å². The van der Waals surface area contributed by atoms with E-state index in [1.807, 2.05) is 0 Å². The largest absolute Gasteiger partial charge is 0.370 e. The van der Waals surface area contributed by atoms with Gasteiger partial charge in [-0.1, -0.05) is 38.2 Å². The van der Waals surface area contributed by atoms with Crippen molar-refractivity contribution in [1.29, 1.82) is 5.26 Å². The highest BCUT2D eigenvalue weighted by molar-refractivity contribution is 5.45. The van der Waals surface area contributed by atoms with Crippen LogP contribution in [-0.4, -0.2) is 6.04 Å². The molecule has 1 N–H and O–H groups in total. The Morgan fingerprint density at radius 1 is 1.33 bits per heavy atom. The number of halogens is 1. The Bertz CT molecular complexity index is 419. The zero-order chi connectivity index (χ0) is 12.8. The minimum Gasteiger partial charge on any atom is -0.370 e. The maximum Gasteiger partial charge on any atom is 0.125 e. The molecule has 18 heavy (non-hydrogen) atoms. The lowest BCUT2D eigenvalue weighted by Gasteiger charge is -2.24. The number of hydrogen-bond acceptors (Lipinski definition) is 2. The molecule has 0 radical (unpaired) electrons. The normalized spacial score (nSPS) is 18.0. The molecule has 0 amide bonds. The Morgan fingerprint density at radius 3 is 2.78 bits per heavy atom. The van der Waals surface area contributed by atoms with Gasteiger partial charge in [-0.3, -0.25) is 0 Å². The van der Waals surface area contributed by atoms with E-state index in [2.05, 4.69) is 11.4 Å². The van der Waals surface area contributed by atoms with Gasteiger partial charge in [0.1, 0.15) is 11.9 Å². The number of benzene rings is 1. The predicted molar refractivity (Wildman–Crippen MR) is 70.6 cm³/mol. The Balaban J connectivity index is 1.91. The minimum absolute atomic E-state index is 0.213. The first-order valence-corrected chi connectivity index (χ1v) is 6.69. The van der Waals surface area contributed by atoms with Gasteiger partial charge in [0, 0.05) is 5.69 Å². The van der Waals surface area contributed by atoms with Crippen LogP contribution < -0.4 is 5.32 Å². The quantitative estimate of drug-likeness (QED) is 0.868. The number of nitrogens with one attached hydrogen (secondary N) is 1. The molecule has 2 nitrogen and oxygen atoms in total. The molecular weight excluding hydrogens is 227 g/mol. The third-order valence-corrected chi connectivity index (χ3v) is 3.62. The zero-order valence-electron chi connectivity index (χ0n) is 10.5. The van der Waals surface area contributed by atoms with Crippen molar-refractivity contribution in [2.75, 3.05) is 5.32 Å². The average molecular weight is 246 g/mol. The molecular formula is C15H19FN2. The Kier molecular flexibility index (Phi) is 4.58. The van der Waals surface area contributed by atoms with E-state index in [0.717, 1.165) is 6.42 Å². The molecule has 1 atom stereocenters. The maximum atomic E-state index is 13.1. The highest BCUT2D eigenvalue weighted by Gasteiger charge is 2.18. The van der Waals surface area contributed by atoms with Gasteiger partial charge in [0.15, 0.2) is 0 Å². The number of nitriles is 1. The van der Waals surface area contributed by atoms with Gasteiger partial charge in [-0.2, -0.15) is 5.26 Å². The Hall–Kier alpha value is -1.56. The summed E-state index contributed by atoms with van der Waals surface area (Å²) in [4.78, 5) is 0. The Morgan fingerprint density at radius 2 is 2.11 bits per heavy atom. The molecule has 1 aromatic carbocycles. The standard InChI is InChI=1S/C15H19FN2/c16-13-7-4-8-14(10-13)18-15(11-17)9-12-5-2-1-3-6-12/h4,7-8,10,12,15,18H,1-3,5-6,9H2. The van der Waals surface area contributed by atoms with Gasteiger partial charge in [-0.05, 0) is 30.5 Å². The lowest BCUT2D eigenvalue weighted by molar-refractivity contribution is 0.335. The summed E-state index contributed by atoms with van der Waals surface area (Å²) >= 11 is 0. The minimum atomic E-state index is -0.269. The second-order valence-electron chi connectivity index (χ2n) is 5.08. The third kappa shape index (κ3) is 3.73. The molecule has 0 heterocycles. The molecule has 0 saturated heterocycles. The van der Waals surface area contributed by atoms with Crippen molar-refractivity contribution in [2.45, 2.75) is 44.6 Å². The fourth-order valence-corrected chi connectivity index (χ4v) is 2.68. The van der Waals surface area contributed by atoms with Crippen LogP contribution in [0.4, 0.5) is 10.1 Å². The summed E-state index contributed by atoms with van der Waals surface area (Å²) in [7, 11) is 0. The highest BCUT2D eigenvalue weighted by Crippen LogP contribution is 2.28. The lowest BCUT2D eigenvalue weighted by atomic mass is 9.85. The van der Waals surface area contributed by atoms with Crippen LogP contribution in [0.5, 0.6) is 0 Å². The highest BCUT2D eigenvalue weighted by atomic mass is 19.1. The van der Waals surface area contributed by atoms with Crippen LogP contribution in [0.15, 0.2) is 24.3 Å². The van der Waals surface area contributed by atoms with Gasteiger partial charge < -0.3 is 5.32 Å². The summed E-state index contributed by atoms with van der Waals surface area (Å²) in [5.41, 5.74) is 0.692. The van der Waals surface area contributed by atoms with Crippen molar-refractivity contribution in [1.82, 2.24) is 0 Å². The lowest BCUT2D eigenvalue weighted by Crippen LogP contribution is -2.22. The summed E-state index contributed by atoms with van der Waals surface area (Å²) < 4.78 is 13.1. The topological polar surface area (TPSA) is 35.8 Å². The number of nitrogens with zero attached hydrogens (tertiary/aromatic N) is 1. The number of anilines is 1. The molecule has 0 aliphatic heterocycles. The van der Waals surface area contributed by atoms with Crippen molar-refractivity contribution >= 4 is 5.69 Å². The van der Waals surface area contributed by atoms with Crippen molar-refractivity contribution in [3.8, 4) is 6.07 Å². The van der Waals surface area contributed by atoms with Gasteiger partial charge in [0.2, 0.25) is 0 Å². The average Bonchev–Trinajstić information content (AvgIpc) is 2.39. The monoisotopic (exact) mass is 246 g/mol. The summed E-state index contributed by atoms with van der Waals surface area (Å²) in [5.74, 6) is 0.374. The van der Waals surface area contributed by atoms with Gasteiger partial charge in [-0.15, -0.1) is 0 Å². The molecule has 0 spiro atoms. The summed E-state index contributed by atoms with van der Waals surface area (Å²) in [5, 5.41) is 12.3. The Labute approximate surface area is 108 Å². The first-order valence-electron chi connectivity index (χ1n) is 6.69. The van der Waals surface area contributed by atoms with E-state index in [-0.39, 0.29) is 11.9 Å². The van der Waals surface area contributed by atoms with Crippen LogP contribution in [0.1, 0.15) is 38.5 Å². The first kappa shape index (κ1) is 12.9. The zero-order valence-corrected chi connectivity index (χ0v) is 10.5. The fourth-order valence-electron chi connectivity index (χ4n) is 2.68. The van der Waals surface area contributed by atoms with Crippen LogP contribution in [-0.2, 0) is 0 Å². The van der Waals surface area contributed by atoms with E-state index in [9.17, 15) is 9.65 Å². The van der Waals surface area contributed by atoms with Crippen molar-refractivity contribution < 1.29 is 4.39 Å². The second kappa shape index (κ2) is 6.39. The second-order valence-corrected chi connectivity index (χ2v) is 5.08. The fraction of sp³-hybridized carbons (Fsp3) is 0.533. The van der Waals surface area contributed by atoms with E-state index in [4.69, 9.17) is 0 Å². The van der Waals surface area contributed by atoms with E-state index in [0.29, 0.717) is 11.6 Å².